The summed E-state index contributed by atoms with van der Waals surface area (Å²) in [5.41, 5.74) is -0.410. The molecule has 0 bridgehead atoms. The second-order valence-corrected chi connectivity index (χ2v) is 9.44. The predicted octanol–water partition coefficient (Wildman–Crippen LogP) is 6.82. The van der Waals surface area contributed by atoms with Crippen molar-refractivity contribution in [3.05, 3.63) is 50.0 Å². The molecule has 32 heavy (non-hydrogen) atoms. The van der Waals surface area contributed by atoms with Crippen LogP contribution in [0.5, 0.6) is 0 Å². The number of fused-ring (bicyclic) bond motifs is 1. The van der Waals surface area contributed by atoms with Crippen LogP contribution in [-0.4, -0.2) is 27.3 Å². The zero-order chi connectivity index (χ0) is 23.0. The second-order valence-electron chi connectivity index (χ2n) is 7.50. The third-order valence-electron chi connectivity index (χ3n) is 5.29. The number of benzene rings is 1. The second kappa shape index (κ2) is 9.21. The molecular weight excluding hydrogens is 508 g/mol. The molecule has 2 aromatic heterocycles. The van der Waals surface area contributed by atoms with Gasteiger partial charge < -0.3 is 10.6 Å². The Kier molecular flexibility index (Phi) is 6.72. The SMILES string of the molecule is O=C(NC1CCC(Nc2cc(C(F)(F)F)nc3ccc(Cl)cc23)CC1)c1snc(Cl)c1Cl. The molecular formula is C20H16Cl3F3N4OS. The third-order valence-corrected chi connectivity index (χ3v) is 7.32. The first-order chi connectivity index (χ1) is 15.1. The zero-order valence-corrected chi connectivity index (χ0v) is 19.4. The lowest BCUT2D eigenvalue weighted by atomic mass is 9.90. The lowest BCUT2D eigenvalue weighted by molar-refractivity contribution is -0.140. The highest BCUT2D eigenvalue weighted by molar-refractivity contribution is 7.09. The Morgan fingerprint density at radius 2 is 1.75 bits per heavy atom. The van der Waals surface area contributed by atoms with E-state index in [9.17, 15) is 18.0 Å². The van der Waals surface area contributed by atoms with Crippen molar-refractivity contribution in [3.8, 4) is 0 Å². The van der Waals surface area contributed by atoms with Crippen LogP contribution in [0.1, 0.15) is 41.0 Å². The van der Waals surface area contributed by atoms with E-state index in [0.717, 1.165) is 17.6 Å². The van der Waals surface area contributed by atoms with Crippen molar-refractivity contribution in [2.45, 2.75) is 43.9 Å². The summed E-state index contributed by atoms with van der Waals surface area (Å²) >= 11 is 18.8. The van der Waals surface area contributed by atoms with Crippen molar-refractivity contribution in [2.75, 3.05) is 5.32 Å². The smallest absolute Gasteiger partial charge is 0.382 e. The third kappa shape index (κ3) is 5.06. The molecule has 1 amide bonds. The quantitative estimate of drug-likeness (QED) is 0.394. The first kappa shape index (κ1) is 23.4. The van der Waals surface area contributed by atoms with Crippen molar-refractivity contribution in [3.63, 3.8) is 0 Å². The predicted molar refractivity (Wildman–Crippen MR) is 121 cm³/mol. The highest BCUT2D eigenvalue weighted by Crippen LogP contribution is 2.35. The van der Waals surface area contributed by atoms with Gasteiger partial charge in [0.2, 0.25) is 0 Å². The van der Waals surface area contributed by atoms with Crippen LogP contribution >= 0.6 is 46.3 Å². The molecule has 0 aliphatic heterocycles. The van der Waals surface area contributed by atoms with E-state index in [1.54, 1.807) is 6.07 Å². The van der Waals surface area contributed by atoms with Crippen molar-refractivity contribution in [2.24, 2.45) is 0 Å². The van der Waals surface area contributed by atoms with Crippen LogP contribution in [0, 0.1) is 0 Å². The van der Waals surface area contributed by atoms with Gasteiger partial charge in [-0.1, -0.05) is 34.8 Å². The monoisotopic (exact) mass is 522 g/mol. The number of rotatable bonds is 4. The van der Waals surface area contributed by atoms with Crippen molar-refractivity contribution < 1.29 is 18.0 Å². The molecule has 4 rings (SSSR count). The van der Waals surface area contributed by atoms with E-state index in [2.05, 4.69) is 20.0 Å². The normalized spacial score (nSPS) is 19.2. The standard InChI is InChI=1S/C20H16Cl3F3N4OS/c21-9-1-6-13-12(7-9)14(8-15(29-13)20(24,25)26)27-10-2-4-11(5-3-10)28-19(31)17-16(22)18(23)30-32-17/h1,6-8,10-11H,2-5H2,(H,27,29)(H,28,31). The van der Waals surface area contributed by atoms with E-state index >= 15 is 0 Å². The summed E-state index contributed by atoms with van der Waals surface area (Å²) in [6, 6.07) is 5.46. The zero-order valence-electron chi connectivity index (χ0n) is 16.3. The van der Waals surface area contributed by atoms with Gasteiger partial charge in [-0.3, -0.25) is 4.79 Å². The minimum absolute atomic E-state index is 0.0599. The number of amides is 1. The summed E-state index contributed by atoms with van der Waals surface area (Å²) < 4.78 is 43.8. The van der Waals surface area contributed by atoms with Gasteiger partial charge in [-0.2, -0.15) is 17.5 Å². The van der Waals surface area contributed by atoms with Crippen molar-refractivity contribution in [1.29, 1.82) is 0 Å². The summed E-state index contributed by atoms with van der Waals surface area (Å²) in [5.74, 6) is -0.333. The fourth-order valence-corrected chi connectivity index (χ4v) is 5.01. The van der Waals surface area contributed by atoms with E-state index in [4.69, 9.17) is 34.8 Å². The van der Waals surface area contributed by atoms with Gasteiger partial charge >= 0.3 is 6.18 Å². The van der Waals surface area contributed by atoms with Gasteiger partial charge in [0.25, 0.3) is 5.91 Å². The Morgan fingerprint density at radius 1 is 1.06 bits per heavy atom. The molecule has 3 aromatic rings. The molecule has 1 aliphatic rings. The first-order valence-electron chi connectivity index (χ1n) is 9.67. The Hall–Kier alpha value is -1.81. The maximum absolute atomic E-state index is 13.3. The molecule has 1 saturated carbocycles. The summed E-state index contributed by atoms with van der Waals surface area (Å²) in [5, 5.41) is 7.31. The lowest BCUT2D eigenvalue weighted by Gasteiger charge is -2.30. The molecule has 12 heteroatoms. The van der Waals surface area contributed by atoms with Gasteiger partial charge in [0.15, 0.2) is 5.15 Å². The van der Waals surface area contributed by atoms with Gasteiger partial charge in [-0.25, -0.2) is 4.98 Å². The number of aromatic nitrogens is 2. The maximum Gasteiger partial charge on any atom is 0.433 e. The average molecular weight is 524 g/mol. The molecule has 170 valence electrons. The number of hydrogen-bond donors (Lipinski definition) is 2. The fourth-order valence-electron chi connectivity index (χ4n) is 3.72. The molecule has 0 unspecified atom stereocenters. The number of halogens is 6. The van der Waals surface area contributed by atoms with E-state index in [1.807, 2.05) is 0 Å². The van der Waals surface area contributed by atoms with E-state index in [0.29, 0.717) is 41.8 Å². The van der Waals surface area contributed by atoms with Crippen LogP contribution in [0.25, 0.3) is 10.9 Å². The summed E-state index contributed by atoms with van der Waals surface area (Å²) in [7, 11) is 0. The Labute approximate surface area is 200 Å². The van der Waals surface area contributed by atoms with E-state index < -0.39 is 11.9 Å². The molecule has 0 atom stereocenters. The average Bonchev–Trinajstić information content (AvgIpc) is 3.07. The Balaban J connectivity index is 1.45. The largest absolute Gasteiger partial charge is 0.433 e. The topological polar surface area (TPSA) is 66.9 Å². The fraction of sp³-hybridized carbons (Fsp3) is 0.350. The number of hydrogen-bond acceptors (Lipinski definition) is 5. The molecule has 2 heterocycles. The molecule has 0 spiro atoms. The highest BCUT2D eigenvalue weighted by atomic mass is 35.5. The van der Waals surface area contributed by atoms with Gasteiger partial charge in [-0.05, 0) is 61.5 Å². The number of alkyl halides is 3. The van der Waals surface area contributed by atoms with E-state index in [-0.39, 0.29) is 38.6 Å². The molecule has 2 N–H and O–H groups in total. The van der Waals surface area contributed by atoms with Gasteiger partial charge in [0, 0.05) is 28.2 Å². The van der Waals surface area contributed by atoms with Gasteiger partial charge in [-0.15, -0.1) is 0 Å². The number of carbonyl (C=O) groups excluding carboxylic acids is 1. The van der Waals surface area contributed by atoms with Crippen LogP contribution in [0.3, 0.4) is 0 Å². The maximum atomic E-state index is 13.3. The van der Waals surface area contributed by atoms with Crippen LogP contribution in [0.4, 0.5) is 18.9 Å². The minimum atomic E-state index is -4.56. The Morgan fingerprint density at radius 3 is 2.38 bits per heavy atom. The van der Waals surface area contributed by atoms with Crippen molar-refractivity contribution in [1.82, 2.24) is 14.7 Å². The number of anilines is 1. The van der Waals surface area contributed by atoms with Crippen LogP contribution in [-0.2, 0) is 6.18 Å². The van der Waals surface area contributed by atoms with Crippen LogP contribution < -0.4 is 10.6 Å². The number of carbonyl (C=O) groups is 1. The number of nitrogens with one attached hydrogen (secondary N) is 2. The molecule has 0 radical (unpaired) electrons. The molecule has 1 aromatic carbocycles. The number of pyridine rings is 1. The highest BCUT2D eigenvalue weighted by Gasteiger charge is 2.34. The summed E-state index contributed by atoms with van der Waals surface area (Å²) in [6.45, 7) is 0. The molecule has 5 nitrogen and oxygen atoms in total. The Bertz CT molecular complexity index is 1160. The molecule has 1 fully saturated rings. The van der Waals surface area contributed by atoms with Gasteiger partial charge in [0.05, 0.1) is 5.52 Å². The van der Waals surface area contributed by atoms with Gasteiger partial charge in [0.1, 0.15) is 15.6 Å². The molecule has 1 aliphatic carbocycles. The minimum Gasteiger partial charge on any atom is -0.382 e. The first-order valence-corrected chi connectivity index (χ1v) is 11.6. The molecule has 0 saturated heterocycles. The van der Waals surface area contributed by atoms with Crippen LogP contribution in [0.15, 0.2) is 24.3 Å². The summed E-state index contributed by atoms with van der Waals surface area (Å²) in [6.07, 6.45) is -1.93. The number of nitrogens with zero attached hydrogens (tertiary/aromatic N) is 2. The lowest BCUT2D eigenvalue weighted by Crippen LogP contribution is -2.40. The van der Waals surface area contributed by atoms with Crippen molar-refractivity contribution >= 4 is 68.8 Å². The summed E-state index contributed by atoms with van der Waals surface area (Å²) in [4.78, 5) is 16.4. The van der Waals surface area contributed by atoms with E-state index in [1.165, 1.54) is 12.1 Å². The van der Waals surface area contributed by atoms with Crippen LogP contribution in [0.2, 0.25) is 15.2 Å².